The molecule has 0 amide bonds. The molecule has 1 aliphatic heterocycles. The number of nitrogens with one attached hydrogen (secondary N) is 1. The molecule has 1 unspecified atom stereocenters. The molecule has 1 aliphatic rings. The van der Waals surface area contributed by atoms with Crippen LogP contribution in [0.2, 0.25) is 0 Å². The van der Waals surface area contributed by atoms with E-state index in [0.29, 0.717) is 62.8 Å². The van der Waals surface area contributed by atoms with E-state index in [9.17, 15) is 5.11 Å². The Kier molecular flexibility index (Phi) is 8.99. The highest BCUT2D eigenvalue weighted by Crippen LogP contribution is 2.36. The summed E-state index contributed by atoms with van der Waals surface area (Å²) in [6.07, 6.45) is -0.590. The fraction of sp³-hybridized carbons (Fsp3) is 0.462. The molecule has 4 rings (SSSR count). The number of hydrogen-bond acceptors (Lipinski definition) is 9. The fourth-order valence-electron chi connectivity index (χ4n) is 3.55. The topological polar surface area (TPSA) is 109 Å². The molecule has 10 heteroatoms. The van der Waals surface area contributed by atoms with Crippen molar-refractivity contribution in [2.45, 2.75) is 26.9 Å². The van der Waals surface area contributed by atoms with E-state index in [1.54, 1.807) is 4.68 Å². The highest BCUT2D eigenvalue weighted by molar-refractivity contribution is 5.64. The first-order valence-electron chi connectivity index (χ1n) is 12.2. The molecular weight excluding hydrogens is 464 g/mol. The largest absolute Gasteiger partial charge is 0.460 e. The zero-order valence-electron chi connectivity index (χ0n) is 21.0. The lowest BCUT2D eigenvalue weighted by Crippen LogP contribution is -2.25. The molecule has 0 saturated carbocycles. The summed E-state index contributed by atoms with van der Waals surface area (Å²) >= 11 is 0. The molecule has 2 N–H and O–H groups in total. The van der Waals surface area contributed by atoms with Gasteiger partial charge in [0.25, 0.3) is 0 Å². The van der Waals surface area contributed by atoms with Crippen molar-refractivity contribution in [3.8, 4) is 34.6 Å². The zero-order valence-corrected chi connectivity index (χ0v) is 21.0. The molecule has 1 aromatic heterocycles. The molecule has 10 nitrogen and oxygen atoms in total. The summed E-state index contributed by atoms with van der Waals surface area (Å²) in [5.74, 6) is 2.41. The van der Waals surface area contributed by atoms with Gasteiger partial charge in [-0.3, -0.25) is 0 Å². The van der Waals surface area contributed by atoms with E-state index in [2.05, 4.69) is 29.2 Å². The van der Waals surface area contributed by atoms with Gasteiger partial charge < -0.3 is 34.1 Å². The maximum Gasteiger partial charge on any atom is 0.336 e. The van der Waals surface area contributed by atoms with Crippen LogP contribution in [-0.2, 0) is 9.47 Å². The molecule has 3 aromatic rings. The van der Waals surface area contributed by atoms with Crippen LogP contribution < -0.4 is 19.5 Å². The van der Waals surface area contributed by atoms with E-state index in [1.807, 2.05) is 49.4 Å². The third-order valence-electron chi connectivity index (χ3n) is 5.30. The maximum atomic E-state index is 10.1. The van der Waals surface area contributed by atoms with Crippen molar-refractivity contribution in [1.82, 2.24) is 14.8 Å². The summed E-state index contributed by atoms with van der Waals surface area (Å²) in [6.45, 7) is 9.04. The van der Waals surface area contributed by atoms with Crippen molar-refractivity contribution in [2.24, 2.45) is 5.92 Å². The van der Waals surface area contributed by atoms with Crippen LogP contribution in [-0.4, -0.2) is 72.3 Å². The van der Waals surface area contributed by atoms with Gasteiger partial charge in [0.2, 0.25) is 6.79 Å². The minimum atomic E-state index is -0.590. The standard InChI is InChI=1S/C26H34N4O6/c1-4-32-11-12-34-26-28-25(19-5-10-23-24(13-19)36-17-35-23)30(29-26)21-8-6-20(7-9-21)27-14-22(31)16-33-15-18(2)3/h5-10,13,18,22,27,31H,4,11-12,14-17H2,1-3H3. The average molecular weight is 499 g/mol. The first-order chi connectivity index (χ1) is 17.5. The molecule has 194 valence electrons. The lowest BCUT2D eigenvalue weighted by molar-refractivity contribution is 0.0318. The number of aliphatic hydroxyl groups excluding tert-OH is 1. The maximum absolute atomic E-state index is 10.1. The molecule has 0 saturated heterocycles. The molecule has 0 fully saturated rings. The fourth-order valence-corrected chi connectivity index (χ4v) is 3.55. The van der Waals surface area contributed by atoms with Crippen LogP contribution in [0.1, 0.15) is 20.8 Å². The highest BCUT2D eigenvalue weighted by Gasteiger charge is 2.19. The van der Waals surface area contributed by atoms with Crippen molar-refractivity contribution >= 4 is 5.69 Å². The molecule has 2 aromatic carbocycles. The van der Waals surface area contributed by atoms with E-state index in [1.165, 1.54) is 0 Å². The Bertz CT molecular complexity index is 1100. The second-order valence-corrected chi connectivity index (χ2v) is 8.76. The molecule has 2 heterocycles. The number of fused-ring (bicyclic) bond motifs is 1. The molecule has 0 spiro atoms. The second kappa shape index (κ2) is 12.6. The van der Waals surface area contributed by atoms with Crippen LogP contribution in [0.5, 0.6) is 17.5 Å². The quantitative estimate of drug-likeness (QED) is 0.323. The number of benzene rings is 2. The number of nitrogens with zero attached hydrogens (tertiary/aromatic N) is 3. The van der Waals surface area contributed by atoms with Crippen LogP contribution in [0.4, 0.5) is 5.69 Å². The molecule has 1 atom stereocenters. The average Bonchev–Trinajstić information content (AvgIpc) is 3.52. The third kappa shape index (κ3) is 6.87. The lowest BCUT2D eigenvalue weighted by atomic mass is 10.2. The number of aliphatic hydroxyl groups is 1. The Balaban J connectivity index is 1.48. The van der Waals surface area contributed by atoms with Gasteiger partial charge in [-0.25, -0.2) is 4.68 Å². The van der Waals surface area contributed by atoms with E-state index in [0.717, 1.165) is 16.9 Å². The van der Waals surface area contributed by atoms with Gasteiger partial charge in [-0.15, -0.1) is 5.10 Å². The van der Waals surface area contributed by atoms with Gasteiger partial charge in [0.15, 0.2) is 17.3 Å². The van der Waals surface area contributed by atoms with Crippen LogP contribution in [0, 0.1) is 5.92 Å². The minimum absolute atomic E-state index is 0.199. The summed E-state index contributed by atoms with van der Waals surface area (Å²) in [4.78, 5) is 4.62. The Morgan fingerprint density at radius 3 is 2.61 bits per heavy atom. The zero-order chi connectivity index (χ0) is 25.3. The number of aromatic nitrogens is 3. The van der Waals surface area contributed by atoms with E-state index >= 15 is 0 Å². The van der Waals surface area contributed by atoms with Gasteiger partial charge in [0.05, 0.1) is 25.0 Å². The third-order valence-corrected chi connectivity index (χ3v) is 5.30. The van der Waals surface area contributed by atoms with Gasteiger partial charge in [-0.05, 0) is 55.3 Å². The first-order valence-corrected chi connectivity index (χ1v) is 12.2. The smallest absolute Gasteiger partial charge is 0.336 e. The van der Waals surface area contributed by atoms with Crippen LogP contribution in [0.3, 0.4) is 0 Å². The number of rotatable bonds is 14. The Morgan fingerprint density at radius 2 is 1.83 bits per heavy atom. The first kappa shape index (κ1) is 25.7. The Hall–Kier alpha value is -3.34. The summed E-state index contributed by atoms with van der Waals surface area (Å²) in [7, 11) is 0. The summed E-state index contributed by atoms with van der Waals surface area (Å²) in [6, 6.07) is 13.6. The van der Waals surface area contributed by atoms with Crippen molar-refractivity contribution in [3.05, 3.63) is 42.5 Å². The van der Waals surface area contributed by atoms with E-state index in [4.69, 9.17) is 23.7 Å². The van der Waals surface area contributed by atoms with Crippen LogP contribution >= 0.6 is 0 Å². The minimum Gasteiger partial charge on any atom is -0.460 e. The number of hydrogen-bond donors (Lipinski definition) is 2. The molecule has 36 heavy (non-hydrogen) atoms. The molecule has 0 radical (unpaired) electrons. The van der Waals surface area contributed by atoms with Crippen molar-refractivity contribution in [3.63, 3.8) is 0 Å². The van der Waals surface area contributed by atoms with Crippen molar-refractivity contribution in [2.75, 3.05) is 51.7 Å². The predicted molar refractivity (Wildman–Crippen MR) is 135 cm³/mol. The van der Waals surface area contributed by atoms with Crippen LogP contribution in [0.25, 0.3) is 17.1 Å². The normalized spacial score (nSPS) is 13.2. The number of ether oxygens (including phenoxy) is 5. The Morgan fingerprint density at radius 1 is 1.03 bits per heavy atom. The highest BCUT2D eigenvalue weighted by atomic mass is 16.7. The lowest BCUT2D eigenvalue weighted by Gasteiger charge is -2.14. The van der Waals surface area contributed by atoms with Gasteiger partial charge in [-0.1, -0.05) is 13.8 Å². The summed E-state index contributed by atoms with van der Waals surface area (Å²) in [5.41, 5.74) is 2.50. The van der Waals surface area contributed by atoms with Crippen molar-refractivity contribution in [1.29, 1.82) is 0 Å². The summed E-state index contributed by atoms with van der Waals surface area (Å²) < 4.78 is 29.3. The van der Waals surface area contributed by atoms with Gasteiger partial charge in [-0.2, -0.15) is 4.98 Å². The monoisotopic (exact) mass is 498 g/mol. The molecule has 0 bridgehead atoms. The SMILES string of the molecule is CCOCCOc1nc(-c2ccc3c(c2)OCO3)n(-c2ccc(NCC(O)COCC(C)C)cc2)n1. The number of anilines is 1. The van der Waals surface area contributed by atoms with Gasteiger partial charge in [0, 0.05) is 31.0 Å². The molecular formula is C26H34N4O6. The van der Waals surface area contributed by atoms with Gasteiger partial charge in [0.1, 0.15) is 6.61 Å². The van der Waals surface area contributed by atoms with Crippen LogP contribution in [0.15, 0.2) is 42.5 Å². The van der Waals surface area contributed by atoms with Gasteiger partial charge >= 0.3 is 6.01 Å². The van der Waals surface area contributed by atoms with E-state index in [-0.39, 0.29) is 12.8 Å². The summed E-state index contributed by atoms with van der Waals surface area (Å²) in [5, 5.41) is 18.0. The molecule has 0 aliphatic carbocycles. The van der Waals surface area contributed by atoms with E-state index < -0.39 is 6.10 Å². The second-order valence-electron chi connectivity index (χ2n) is 8.76. The predicted octanol–water partition coefficient (Wildman–Crippen LogP) is 3.52. The van der Waals surface area contributed by atoms with Crippen molar-refractivity contribution < 1.29 is 28.8 Å². The Labute approximate surface area is 211 Å².